The van der Waals surface area contributed by atoms with Gasteiger partial charge in [-0.15, -0.1) is 0 Å². The molecule has 0 fully saturated rings. The highest BCUT2D eigenvalue weighted by Crippen LogP contribution is 2.13. The van der Waals surface area contributed by atoms with Crippen molar-refractivity contribution in [2.75, 3.05) is 0 Å². The van der Waals surface area contributed by atoms with Gasteiger partial charge in [0.05, 0.1) is 0 Å². The van der Waals surface area contributed by atoms with E-state index in [0.29, 0.717) is 5.56 Å². The molecule has 29 heavy (non-hydrogen) atoms. The monoisotopic (exact) mass is 416 g/mol. The van der Waals surface area contributed by atoms with E-state index < -0.39 is 30.3 Å². The van der Waals surface area contributed by atoms with Crippen molar-refractivity contribution in [3.05, 3.63) is 71.5 Å². The van der Waals surface area contributed by atoms with Gasteiger partial charge < -0.3 is 15.9 Å². The second kappa shape index (κ2) is 11.1. The number of carboxylic acids is 2. The summed E-state index contributed by atoms with van der Waals surface area (Å²) < 4.78 is 48.4. The number of rotatable bonds is 7. The minimum absolute atomic E-state index is 0.213. The first-order chi connectivity index (χ1) is 13.5. The van der Waals surface area contributed by atoms with Crippen molar-refractivity contribution in [2.24, 2.45) is 5.73 Å². The molecule has 2 aromatic rings. The van der Waals surface area contributed by atoms with E-state index in [0.717, 1.165) is 10.9 Å². The minimum Gasteiger partial charge on any atom is -0.480 e. The van der Waals surface area contributed by atoms with Gasteiger partial charge in [0, 0.05) is 0 Å². The maximum Gasteiger partial charge on any atom is 0.457 e. The maximum atomic E-state index is 12.4. The Hall–Kier alpha value is -2.98. The van der Waals surface area contributed by atoms with E-state index >= 15 is 0 Å². The van der Waals surface area contributed by atoms with Gasteiger partial charge in [0.15, 0.2) is 0 Å². The van der Waals surface area contributed by atoms with Crippen LogP contribution < -0.4 is 11.1 Å². The van der Waals surface area contributed by atoms with Gasteiger partial charge in [0.25, 0.3) is 0 Å². The number of benzene rings is 2. The van der Waals surface area contributed by atoms with E-state index in [9.17, 15) is 27.2 Å². The van der Waals surface area contributed by atoms with E-state index in [-0.39, 0.29) is 18.7 Å². The van der Waals surface area contributed by atoms with Crippen molar-refractivity contribution in [3.63, 3.8) is 0 Å². The lowest BCUT2D eigenvalue weighted by Gasteiger charge is -2.16. The predicted octanol–water partition coefficient (Wildman–Crippen LogP) is 2.57. The molecule has 10 heteroatoms. The molecule has 158 valence electrons. The highest BCUT2D eigenvalue weighted by Gasteiger charge is 2.34. The first-order valence-corrected chi connectivity index (χ1v) is 8.32. The van der Waals surface area contributed by atoms with Crippen LogP contribution in [0, 0.1) is 5.82 Å². The number of aliphatic carboxylic acids is 2. The fourth-order valence-corrected chi connectivity index (χ4v) is 2.21. The molecule has 2 aromatic carbocycles. The molecule has 2 rings (SSSR count). The quantitative estimate of drug-likeness (QED) is 0.408. The molecule has 0 radical (unpaired) electrons. The van der Waals surface area contributed by atoms with Crippen molar-refractivity contribution in [1.29, 1.82) is 0 Å². The van der Waals surface area contributed by atoms with Crippen LogP contribution in [0.5, 0.6) is 0 Å². The number of alkyl halides is 3. The molecule has 0 amide bonds. The van der Waals surface area contributed by atoms with Crippen LogP contribution in [0.15, 0.2) is 54.6 Å². The number of hydrogen-bond acceptors (Lipinski definition) is 4. The summed E-state index contributed by atoms with van der Waals surface area (Å²) in [5.41, 5.74) is 6.55. The number of halogens is 4. The number of carboxylic acid groups (broad SMARTS) is 2. The van der Waals surface area contributed by atoms with Gasteiger partial charge in [-0.05, 0) is 36.1 Å². The average molecular weight is 416 g/mol. The van der Waals surface area contributed by atoms with Gasteiger partial charge in [-0.2, -0.15) is 13.2 Å². The zero-order valence-electron chi connectivity index (χ0n) is 15.1. The van der Waals surface area contributed by atoms with Gasteiger partial charge >= 0.3 is 18.2 Å². The van der Waals surface area contributed by atoms with Crippen LogP contribution in [-0.4, -0.2) is 40.5 Å². The van der Waals surface area contributed by atoms with Crippen molar-refractivity contribution < 1.29 is 37.4 Å². The molecule has 0 bridgehead atoms. The topological polar surface area (TPSA) is 113 Å². The number of nitrogens with two attached hydrogens (primary N) is 1. The lowest BCUT2D eigenvalue weighted by molar-refractivity contribution is -0.174. The zero-order valence-corrected chi connectivity index (χ0v) is 15.1. The third-order valence-corrected chi connectivity index (χ3v) is 3.60. The summed E-state index contributed by atoms with van der Waals surface area (Å²) in [6, 6.07) is 11.2. The SMILES string of the molecule is N[C@@H](Cc1ccc(F)cc1)C(=O)O.O=C(O)[C@H](Cc1ccccc1)NC(F)(F)F. The molecule has 0 saturated carbocycles. The summed E-state index contributed by atoms with van der Waals surface area (Å²) in [6.07, 6.45) is -4.69. The van der Waals surface area contributed by atoms with Gasteiger partial charge in [-0.25, -0.2) is 9.71 Å². The largest absolute Gasteiger partial charge is 0.480 e. The molecule has 0 aromatic heterocycles. The Kier molecular flexibility index (Phi) is 9.23. The van der Waals surface area contributed by atoms with Crippen LogP contribution in [-0.2, 0) is 22.4 Å². The van der Waals surface area contributed by atoms with Gasteiger partial charge in [0.2, 0.25) is 0 Å². The molecule has 0 unspecified atom stereocenters. The highest BCUT2D eigenvalue weighted by atomic mass is 19.4. The summed E-state index contributed by atoms with van der Waals surface area (Å²) in [5, 5.41) is 18.2. The second-order valence-electron chi connectivity index (χ2n) is 6.00. The van der Waals surface area contributed by atoms with Crippen molar-refractivity contribution in [1.82, 2.24) is 5.32 Å². The first kappa shape index (κ1) is 24.1. The Morgan fingerprint density at radius 1 is 0.897 bits per heavy atom. The Balaban J connectivity index is 0.000000296. The second-order valence-corrected chi connectivity index (χ2v) is 6.00. The van der Waals surface area contributed by atoms with Crippen LogP contribution in [0.3, 0.4) is 0 Å². The molecule has 0 aliphatic heterocycles. The molecule has 0 aliphatic carbocycles. The molecular weight excluding hydrogens is 396 g/mol. The Bertz CT molecular complexity index is 783. The molecule has 5 N–H and O–H groups in total. The Morgan fingerprint density at radius 2 is 1.41 bits per heavy atom. The third-order valence-electron chi connectivity index (χ3n) is 3.60. The predicted molar refractivity (Wildman–Crippen MR) is 96.5 cm³/mol. The molecule has 0 aliphatic rings. The number of carbonyl (C=O) groups is 2. The highest BCUT2D eigenvalue weighted by molar-refractivity contribution is 5.74. The van der Waals surface area contributed by atoms with E-state index in [4.69, 9.17) is 15.9 Å². The zero-order chi connectivity index (χ0) is 22.0. The Morgan fingerprint density at radius 3 is 1.86 bits per heavy atom. The fourth-order valence-electron chi connectivity index (χ4n) is 2.21. The van der Waals surface area contributed by atoms with E-state index in [1.54, 1.807) is 30.3 Å². The minimum atomic E-state index is -4.70. The summed E-state index contributed by atoms with van der Waals surface area (Å²) in [4.78, 5) is 21.0. The number of hydrogen-bond donors (Lipinski definition) is 4. The first-order valence-electron chi connectivity index (χ1n) is 8.32. The van der Waals surface area contributed by atoms with Crippen molar-refractivity contribution in [3.8, 4) is 0 Å². The maximum absolute atomic E-state index is 12.4. The van der Waals surface area contributed by atoms with Crippen molar-refractivity contribution in [2.45, 2.75) is 31.2 Å². The van der Waals surface area contributed by atoms with Crippen LogP contribution in [0.2, 0.25) is 0 Å². The molecule has 2 atom stereocenters. The van der Waals surface area contributed by atoms with Gasteiger partial charge in [-0.1, -0.05) is 42.5 Å². The summed E-state index contributed by atoms with van der Waals surface area (Å²) in [7, 11) is 0. The van der Waals surface area contributed by atoms with E-state index in [1.807, 2.05) is 0 Å². The Labute approximate surface area is 164 Å². The number of nitrogens with one attached hydrogen (secondary N) is 1. The summed E-state index contributed by atoms with van der Waals surface area (Å²) in [5.74, 6) is -2.92. The molecule has 0 spiro atoms. The normalized spacial score (nSPS) is 13.0. The summed E-state index contributed by atoms with van der Waals surface area (Å²) >= 11 is 0. The standard InChI is InChI=1S/C10H10F3NO2.C9H10FNO2/c11-10(12,13)14-8(9(15)16)6-7-4-2-1-3-5-7;10-7-3-1-6(2-4-7)5-8(11)9(12)13/h1-5,8,14H,6H2,(H,15,16);1-4,8H,5,11H2,(H,12,13)/t2*8-/m00/s1. The van der Waals surface area contributed by atoms with Crippen LogP contribution in [0.1, 0.15) is 11.1 Å². The van der Waals surface area contributed by atoms with Crippen molar-refractivity contribution >= 4 is 11.9 Å². The van der Waals surface area contributed by atoms with Gasteiger partial charge in [0.1, 0.15) is 17.9 Å². The fraction of sp³-hybridized carbons (Fsp3) is 0.263. The van der Waals surface area contributed by atoms with Crippen LogP contribution in [0.4, 0.5) is 17.6 Å². The molecule has 0 heterocycles. The molecular formula is C19H20F4N2O4. The third kappa shape index (κ3) is 10.2. The average Bonchev–Trinajstić information content (AvgIpc) is 2.63. The molecule has 0 saturated heterocycles. The van der Waals surface area contributed by atoms with Crippen LogP contribution in [0.25, 0.3) is 0 Å². The van der Waals surface area contributed by atoms with Gasteiger partial charge in [-0.3, -0.25) is 9.59 Å². The summed E-state index contributed by atoms with van der Waals surface area (Å²) in [6.45, 7) is 0. The smallest absolute Gasteiger partial charge is 0.457 e. The molecule has 6 nitrogen and oxygen atoms in total. The lowest BCUT2D eigenvalue weighted by atomic mass is 10.1. The van der Waals surface area contributed by atoms with E-state index in [2.05, 4.69) is 0 Å². The van der Waals surface area contributed by atoms with E-state index in [1.165, 1.54) is 24.3 Å². The lowest BCUT2D eigenvalue weighted by Crippen LogP contribution is -2.46. The van der Waals surface area contributed by atoms with Crippen LogP contribution >= 0.6 is 0 Å².